The van der Waals surface area contributed by atoms with E-state index in [2.05, 4.69) is 20.3 Å². The summed E-state index contributed by atoms with van der Waals surface area (Å²) in [6, 6.07) is 5.32. The van der Waals surface area contributed by atoms with E-state index < -0.39 is 11.5 Å². The van der Waals surface area contributed by atoms with Crippen molar-refractivity contribution in [3.8, 4) is 0 Å². The molecule has 0 saturated carbocycles. The second kappa shape index (κ2) is 7.92. The third-order valence-electron chi connectivity index (χ3n) is 4.63. The van der Waals surface area contributed by atoms with Crippen molar-refractivity contribution in [3.05, 3.63) is 58.0 Å². The van der Waals surface area contributed by atoms with Gasteiger partial charge in [0.1, 0.15) is 11.4 Å². The Morgan fingerprint density at radius 3 is 2.61 bits per heavy atom. The maximum atomic E-state index is 13.1. The molecule has 0 spiro atoms. The van der Waals surface area contributed by atoms with Crippen LogP contribution in [0.3, 0.4) is 0 Å². The molecule has 1 atom stereocenters. The monoisotopic (exact) mass is 383 g/mol. The van der Waals surface area contributed by atoms with E-state index in [-0.39, 0.29) is 29.5 Å². The Kier molecular flexibility index (Phi) is 5.58. The molecule has 2 N–H and O–H groups in total. The highest BCUT2D eigenvalue weighted by Gasteiger charge is 2.28. The van der Waals surface area contributed by atoms with Gasteiger partial charge < -0.3 is 15.2 Å². The van der Waals surface area contributed by atoms with Crippen molar-refractivity contribution < 1.29 is 9.59 Å². The molecule has 0 unspecified atom stereocenters. The zero-order valence-corrected chi connectivity index (χ0v) is 16.4. The van der Waals surface area contributed by atoms with Gasteiger partial charge in [-0.15, -0.1) is 0 Å². The summed E-state index contributed by atoms with van der Waals surface area (Å²) < 4.78 is 0. The Labute approximate surface area is 163 Å². The first-order chi connectivity index (χ1) is 13.2. The summed E-state index contributed by atoms with van der Waals surface area (Å²) in [5, 5.41) is 2.87. The highest BCUT2D eigenvalue weighted by molar-refractivity contribution is 5.93. The van der Waals surface area contributed by atoms with E-state index in [1.165, 1.54) is 6.20 Å². The lowest BCUT2D eigenvalue weighted by Crippen LogP contribution is -2.43. The van der Waals surface area contributed by atoms with Gasteiger partial charge in [-0.3, -0.25) is 19.4 Å². The number of nitrogens with zero attached hydrogens (tertiary/aromatic N) is 3. The maximum Gasteiger partial charge on any atom is 0.263 e. The number of aromatic nitrogens is 3. The Bertz CT molecular complexity index is 917. The SMILES string of the molecule is CC(C)(C)c1ncc(C(=O)N(Cc2ccccn2)C[C@@H]2CCC(=O)N2)c(=O)[nH]1. The largest absolute Gasteiger partial charge is 0.352 e. The van der Waals surface area contributed by atoms with Crippen LogP contribution in [0.25, 0.3) is 0 Å². The van der Waals surface area contributed by atoms with E-state index in [1.807, 2.05) is 32.9 Å². The van der Waals surface area contributed by atoms with E-state index in [1.54, 1.807) is 17.2 Å². The smallest absolute Gasteiger partial charge is 0.263 e. The van der Waals surface area contributed by atoms with Crippen LogP contribution in [0.1, 0.15) is 55.5 Å². The van der Waals surface area contributed by atoms with Crippen molar-refractivity contribution in [2.45, 2.75) is 51.6 Å². The van der Waals surface area contributed by atoms with E-state index >= 15 is 0 Å². The molecule has 3 rings (SSSR count). The number of hydrogen-bond donors (Lipinski definition) is 2. The molecular formula is C20H25N5O3. The summed E-state index contributed by atoms with van der Waals surface area (Å²) in [5.41, 5.74) is -0.113. The molecular weight excluding hydrogens is 358 g/mol. The maximum absolute atomic E-state index is 13.1. The molecule has 3 heterocycles. The van der Waals surface area contributed by atoms with Crippen LogP contribution in [-0.4, -0.2) is 44.3 Å². The lowest BCUT2D eigenvalue weighted by Gasteiger charge is -2.25. The molecule has 1 saturated heterocycles. The van der Waals surface area contributed by atoms with Gasteiger partial charge in [-0.1, -0.05) is 26.8 Å². The highest BCUT2D eigenvalue weighted by atomic mass is 16.2. The Hall–Kier alpha value is -3.03. The average molecular weight is 383 g/mol. The summed E-state index contributed by atoms with van der Waals surface area (Å²) in [7, 11) is 0. The number of rotatable bonds is 5. The molecule has 28 heavy (non-hydrogen) atoms. The Morgan fingerprint density at radius 2 is 2.04 bits per heavy atom. The lowest BCUT2D eigenvalue weighted by molar-refractivity contribution is -0.119. The second-order valence-corrected chi connectivity index (χ2v) is 8.03. The van der Waals surface area contributed by atoms with Gasteiger partial charge in [-0.2, -0.15) is 0 Å². The zero-order valence-electron chi connectivity index (χ0n) is 16.4. The first-order valence-electron chi connectivity index (χ1n) is 9.32. The standard InChI is InChI=1S/C20H25N5O3/c1-20(2,3)19-22-10-15(17(27)24-19)18(28)25(11-13-6-4-5-9-21-13)12-14-7-8-16(26)23-14/h4-6,9-10,14H,7-8,11-12H2,1-3H3,(H,23,26)(H,22,24,27)/t14-/m0/s1. The summed E-state index contributed by atoms with van der Waals surface area (Å²) in [5.74, 6) is 0.0682. The molecule has 1 fully saturated rings. The normalized spacial score (nSPS) is 16.7. The zero-order chi connectivity index (χ0) is 20.3. The van der Waals surface area contributed by atoms with Crippen LogP contribution in [0.2, 0.25) is 0 Å². The number of amides is 2. The van der Waals surface area contributed by atoms with Crippen molar-refractivity contribution in [2.24, 2.45) is 0 Å². The van der Waals surface area contributed by atoms with Crippen molar-refractivity contribution in [1.82, 2.24) is 25.2 Å². The molecule has 1 aliphatic rings. The van der Waals surface area contributed by atoms with Crippen LogP contribution in [0.5, 0.6) is 0 Å². The predicted octanol–water partition coefficient (Wildman–Crippen LogP) is 1.38. The van der Waals surface area contributed by atoms with Gasteiger partial charge >= 0.3 is 0 Å². The van der Waals surface area contributed by atoms with Crippen molar-refractivity contribution in [2.75, 3.05) is 6.54 Å². The van der Waals surface area contributed by atoms with Gasteiger partial charge in [0.15, 0.2) is 0 Å². The van der Waals surface area contributed by atoms with Gasteiger partial charge in [-0.05, 0) is 18.6 Å². The highest BCUT2D eigenvalue weighted by Crippen LogP contribution is 2.17. The first-order valence-corrected chi connectivity index (χ1v) is 9.32. The van der Waals surface area contributed by atoms with Gasteiger partial charge in [-0.25, -0.2) is 4.98 Å². The van der Waals surface area contributed by atoms with Crippen LogP contribution >= 0.6 is 0 Å². The molecule has 0 aliphatic carbocycles. The fourth-order valence-corrected chi connectivity index (χ4v) is 3.09. The predicted molar refractivity (Wildman–Crippen MR) is 104 cm³/mol. The number of pyridine rings is 1. The lowest BCUT2D eigenvalue weighted by atomic mass is 9.96. The number of hydrogen-bond acceptors (Lipinski definition) is 5. The topological polar surface area (TPSA) is 108 Å². The Morgan fingerprint density at radius 1 is 1.25 bits per heavy atom. The minimum atomic E-state index is -0.466. The summed E-state index contributed by atoms with van der Waals surface area (Å²) in [6.07, 6.45) is 4.09. The fourth-order valence-electron chi connectivity index (χ4n) is 3.09. The van der Waals surface area contributed by atoms with Crippen molar-refractivity contribution in [3.63, 3.8) is 0 Å². The summed E-state index contributed by atoms with van der Waals surface area (Å²) in [6.45, 7) is 6.35. The Balaban J connectivity index is 1.87. The van der Waals surface area contributed by atoms with Crippen LogP contribution in [-0.2, 0) is 16.8 Å². The van der Waals surface area contributed by atoms with Crippen molar-refractivity contribution in [1.29, 1.82) is 0 Å². The van der Waals surface area contributed by atoms with Gasteiger partial charge in [0.05, 0.1) is 12.2 Å². The van der Waals surface area contributed by atoms with E-state index in [4.69, 9.17) is 0 Å². The molecule has 1 aliphatic heterocycles. The molecule has 2 aromatic heterocycles. The molecule has 0 radical (unpaired) electrons. The minimum Gasteiger partial charge on any atom is -0.352 e. The molecule has 2 aromatic rings. The number of carbonyl (C=O) groups is 2. The van der Waals surface area contributed by atoms with E-state index in [0.717, 1.165) is 0 Å². The summed E-state index contributed by atoms with van der Waals surface area (Å²) >= 11 is 0. The molecule has 8 nitrogen and oxygen atoms in total. The fraction of sp³-hybridized carbons (Fsp3) is 0.450. The molecule has 8 heteroatoms. The second-order valence-electron chi connectivity index (χ2n) is 8.03. The minimum absolute atomic E-state index is 0.0201. The van der Waals surface area contributed by atoms with Crippen LogP contribution in [0, 0.1) is 0 Å². The van der Waals surface area contributed by atoms with Crippen molar-refractivity contribution >= 4 is 11.8 Å². The molecule has 2 amide bonds. The average Bonchev–Trinajstić information content (AvgIpc) is 3.05. The van der Waals surface area contributed by atoms with E-state index in [0.29, 0.717) is 30.9 Å². The molecule has 148 valence electrons. The van der Waals surface area contributed by atoms with E-state index in [9.17, 15) is 14.4 Å². The third kappa shape index (κ3) is 4.62. The number of carbonyl (C=O) groups excluding carboxylic acids is 2. The number of nitrogens with one attached hydrogen (secondary N) is 2. The number of H-pyrrole nitrogens is 1. The van der Waals surface area contributed by atoms with Gasteiger partial charge in [0, 0.05) is 36.8 Å². The van der Waals surface area contributed by atoms with Crippen LogP contribution in [0.15, 0.2) is 35.4 Å². The first kappa shape index (κ1) is 19.7. The van der Waals surface area contributed by atoms with Gasteiger partial charge in [0.2, 0.25) is 5.91 Å². The van der Waals surface area contributed by atoms with Crippen LogP contribution < -0.4 is 10.9 Å². The molecule has 0 bridgehead atoms. The summed E-state index contributed by atoms with van der Waals surface area (Å²) in [4.78, 5) is 50.0. The quantitative estimate of drug-likeness (QED) is 0.811. The number of aromatic amines is 1. The van der Waals surface area contributed by atoms with Crippen LogP contribution in [0.4, 0.5) is 0 Å². The molecule has 0 aromatic carbocycles. The van der Waals surface area contributed by atoms with Gasteiger partial charge in [0.25, 0.3) is 11.5 Å². The third-order valence-corrected chi connectivity index (χ3v) is 4.63.